The molecular formula is C17H15ClN2O3. The van der Waals surface area contributed by atoms with Gasteiger partial charge < -0.3 is 9.64 Å². The van der Waals surface area contributed by atoms with Crippen LogP contribution in [0.4, 0.5) is 0 Å². The van der Waals surface area contributed by atoms with E-state index in [0.717, 1.165) is 5.57 Å². The summed E-state index contributed by atoms with van der Waals surface area (Å²) in [4.78, 5) is 29.7. The van der Waals surface area contributed by atoms with Crippen molar-refractivity contribution in [2.75, 3.05) is 13.7 Å². The molecule has 1 aliphatic carbocycles. The van der Waals surface area contributed by atoms with Crippen LogP contribution in [0.1, 0.15) is 16.1 Å². The fourth-order valence-corrected chi connectivity index (χ4v) is 2.88. The summed E-state index contributed by atoms with van der Waals surface area (Å²) in [6.45, 7) is 0.870. The minimum Gasteiger partial charge on any atom is -0.465 e. The molecule has 1 unspecified atom stereocenters. The highest BCUT2D eigenvalue weighted by Gasteiger charge is 2.26. The maximum atomic E-state index is 12.3. The van der Waals surface area contributed by atoms with Crippen molar-refractivity contribution in [3.05, 3.63) is 64.5 Å². The molecule has 23 heavy (non-hydrogen) atoms. The van der Waals surface area contributed by atoms with Crippen molar-refractivity contribution in [1.82, 2.24) is 9.88 Å². The third-order valence-electron chi connectivity index (χ3n) is 3.83. The zero-order chi connectivity index (χ0) is 16.4. The quantitative estimate of drug-likeness (QED) is 0.799. The minimum atomic E-state index is -0.423. The summed E-state index contributed by atoms with van der Waals surface area (Å²) < 4.78 is 4.70. The van der Waals surface area contributed by atoms with Gasteiger partial charge in [0.2, 0.25) is 5.91 Å². The zero-order valence-corrected chi connectivity index (χ0v) is 13.3. The van der Waals surface area contributed by atoms with Crippen molar-refractivity contribution < 1.29 is 14.3 Å². The number of carbonyl (C=O) groups excluding carboxylic acids is 2. The number of rotatable bonds is 3. The van der Waals surface area contributed by atoms with Crippen molar-refractivity contribution in [1.29, 1.82) is 0 Å². The van der Waals surface area contributed by atoms with Crippen LogP contribution in [0.5, 0.6) is 0 Å². The number of pyridine rings is 1. The Morgan fingerprint density at radius 2 is 2.30 bits per heavy atom. The van der Waals surface area contributed by atoms with E-state index < -0.39 is 5.97 Å². The Hall–Kier alpha value is -2.40. The number of fused-ring (bicyclic) bond motifs is 1. The number of hydrogen-bond donors (Lipinski definition) is 0. The third-order valence-corrected chi connectivity index (χ3v) is 4.08. The topological polar surface area (TPSA) is 59.5 Å². The first-order chi connectivity index (χ1) is 11.1. The second kappa shape index (κ2) is 6.38. The predicted octanol–water partition coefficient (Wildman–Crippen LogP) is 2.45. The lowest BCUT2D eigenvalue weighted by molar-refractivity contribution is -0.127. The van der Waals surface area contributed by atoms with Gasteiger partial charge in [0.1, 0.15) is 0 Å². The summed E-state index contributed by atoms with van der Waals surface area (Å²) in [7, 11) is 1.33. The lowest BCUT2D eigenvalue weighted by Crippen LogP contribution is -2.38. The number of ether oxygens (including phenoxy) is 1. The molecule has 0 saturated carbocycles. The average molecular weight is 331 g/mol. The molecule has 0 N–H and O–H groups in total. The summed E-state index contributed by atoms with van der Waals surface area (Å²) >= 11 is 6.03. The van der Waals surface area contributed by atoms with Gasteiger partial charge in [-0.2, -0.15) is 0 Å². The number of methoxy groups -OCH3 is 1. The molecule has 6 heteroatoms. The van der Waals surface area contributed by atoms with Crippen LogP contribution in [0, 0.1) is 5.92 Å². The average Bonchev–Trinajstić information content (AvgIpc) is 2.55. The van der Waals surface area contributed by atoms with Crippen LogP contribution in [0.3, 0.4) is 0 Å². The molecule has 1 atom stereocenters. The minimum absolute atomic E-state index is 0.0717. The van der Waals surface area contributed by atoms with Gasteiger partial charge in [-0.05, 0) is 23.8 Å². The van der Waals surface area contributed by atoms with Gasteiger partial charge in [0.15, 0.2) is 0 Å². The second-order valence-corrected chi connectivity index (χ2v) is 5.82. The molecule has 1 aromatic rings. The molecule has 2 heterocycles. The standard InChI is InChI=1S/C17H15ClN2O3/c1-23-17(22)12-4-5-19-15(7-12)10-20-9-13-6-14(18)3-2-11(13)8-16(20)21/h2-8,13H,9-10H2,1H3. The van der Waals surface area contributed by atoms with Gasteiger partial charge in [-0.3, -0.25) is 9.78 Å². The molecule has 0 radical (unpaired) electrons. The molecule has 3 rings (SSSR count). The Morgan fingerprint density at radius 1 is 1.48 bits per heavy atom. The van der Waals surface area contributed by atoms with Gasteiger partial charge in [-0.15, -0.1) is 0 Å². The van der Waals surface area contributed by atoms with Gasteiger partial charge in [-0.25, -0.2) is 4.79 Å². The van der Waals surface area contributed by atoms with E-state index in [0.29, 0.717) is 29.4 Å². The van der Waals surface area contributed by atoms with E-state index in [-0.39, 0.29) is 11.8 Å². The number of amides is 1. The Balaban J connectivity index is 1.79. The van der Waals surface area contributed by atoms with Gasteiger partial charge in [0, 0.05) is 29.8 Å². The van der Waals surface area contributed by atoms with Crippen molar-refractivity contribution in [2.45, 2.75) is 6.54 Å². The Bertz CT molecular complexity index is 752. The molecule has 1 aliphatic heterocycles. The molecule has 0 fully saturated rings. The molecule has 5 nitrogen and oxygen atoms in total. The SMILES string of the molecule is COC(=O)c1ccnc(CN2CC3C=C(Cl)C=CC3=CC2=O)c1. The Labute approximate surface area is 138 Å². The number of nitrogens with zero attached hydrogens (tertiary/aromatic N) is 2. The number of aromatic nitrogens is 1. The first-order valence-corrected chi connectivity index (χ1v) is 7.54. The highest BCUT2D eigenvalue weighted by atomic mass is 35.5. The first kappa shape index (κ1) is 15.5. The summed E-state index contributed by atoms with van der Waals surface area (Å²) in [6.07, 6.45) is 8.75. The number of esters is 1. The van der Waals surface area contributed by atoms with Gasteiger partial charge >= 0.3 is 5.97 Å². The normalized spacial score (nSPS) is 19.8. The number of halogens is 1. The van der Waals surface area contributed by atoms with Crippen molar-refractivity contribution in [2.24, 2.45) is 5.92 Å². The molecule has 118 valence electrons. The summed E-state index contributed by atoms with van der Waals surface area (Å²) in [5.74, 6) is -0.403. The molecule has 0 bridgehead atoms. The molecule has 0 aromatic carbocycles. The van der Waals surface area contributed by atoms with E-state index >= 15 is 0 Å². The van der Waals surface area contributed by atoms with E-state index in [2.05, 4.69) is 4.98 Å². The van der Waals surface area contributed by atoms with Crippen LogP contribution in [0.25, 0.3) is 0 Å². The smallest absolute Gasteiger partial charge is 0.337 e. The lowest BCUT2D eigenvalue weighted by Gasteiger charge is -2.31. The molecule has 1 amide bonds. The maximum absolute atomic E-state index is 12.3. The summed E-state index contributed by atoms with van der Waals surface area (Å²) in [6, 6.07) is 3.22. The maximum Gasteiger partial charge on any atom is 0.337 e. The Kier molecular flexibility index (Phi) is 4.30. The largest absolute Gasteiger partial charge is 0.465 e. The molecule has 0 spiro atoms. The van der Waals surface area contributed by atoms with E-state index in [9.17, 15) is 9.59 Å². The van der Waals surface area contributed by atoms with Crippen LogP contribution in [0.15, 0.2) is 53.2 Å². The Morgan fingerprint density at radius 3 is 3.09 bits per heavy atom. The van der Waals surface area contributed by atoms with Crippen molar-refractivity contribution >= 4 is 23.5 Å². The van der Waals surface area contributed by atoms with E-state index in [1.807, 2.05) is 12.2 Å². The summed E-state index contributed by atoms with van der Waals surface area (Å²) in [5.41, 5.74) is 2.02. The monoisotopic (exact) mass is 330 g/mol. The fourth-order valence-electron chi connectivity index (χ4n) is 2.67. The van der Waals surface area contributed by atoms with Crippen LogP contribution in [0.2, 0.25) is 0 Å². The predicted molar refractivity (Wildman–Crippen MR) is 85.6 cm³/mol. The number of allylic oxidation sites excluding steroid dienone is 3. The lowest BCUT2D eigenvalue weighted by atomic mass is 9.90. The second-order valence-electron chi connectivity index (χ2n) is 5.38. The summed E-state index contributed by atoms with van der Waals surface area (Å²) in [5, 5.41) is 0.673. The highest BCUT2D eigenvalue weighted by Crippen LogP contribution is 2.29. The zero-order valence-electron chi connectivity index (χ0n) is 12.5. The number of hydrogen-bond acceptors (Lipinski definition) is 4. The van der Waals surface area contributed by atoms with Gasteiger partial charge in [0.05, 0.1) is 24.9 Å². The molecule has 2 aliphatic rings. The first-order valence-electron chi connectivity index (χ1n) is 7.16. The number of carbonyl (C=O) groups is 2. The van der Waals surface area contributed by atoms with Gasteiger partial charge in [-0.1, -0.05) is 23.8 Å². The van der Waals surface area contributed by atoms with E-state index in [1.54, 1.807) is 29.2 Å². The molecule has 1 aromatic heterocycles. The van der Waals surface area contributed by atoms with Crippen LogP contribution in [-0.4, -0.2) is 35.4 Å². The van der Waals surface area contributed by atoms with Crippen molar-refractivity contribution in [3.63, 3.8) is 0 Å². The third kappa shape index (κ3) is 3.35. The van der Waals surface area contributed by atoms with E-state index in [1.165, 1.54) is 13.3 Å². The fraction of sp³-hybridized carbons (Fsp3) is 0.235. The highest BCUT2D eigenvalue weighted by molar-refractivity contribution is 6.31. The van der Waals surface area contributed by atoms with Crippen LogP contribution >= 0.6 is 11.6 Å². The van der Waals surface area contributed by atoms with Crippen molar-refractivity contribution in [3.8, 4) is 0 Å². The van der Waals surface area contributed by atoms with E-state index in [4.69, 9.17) is 16.3 Å². The van der Waals surface area contributed by atoms with Gasteiger partial charge in [0.25, 0.3) is 0 Å². The molecular weight excluding hydrogens is 316 g/mol. The van der Waals surface area contributed by atoms with Crippen LogP contribution < -0.4 is 0 Å². The van der Waals surface area contributed by atoms with Crippen LogP contribution in [-0.2, 0) is 16.1 Å². The molecule has 0 saturated heterocycles.